The lowest BCUT2D eigenvalue weighted by molar-refractivity contribution is -0.108. The SMILES string of the molecule is CC(F)(F)P.CN1CCN(C)/C(=C(\N)NS(C)=O)C1.NC(CC=O)Cc1cc(P)c(F)cc1F. The molecule has 4 atom stereocenters. The third kappa shape index (κ3) is 14.8. The van der Waals surface area contributed by atoms with E-state index in [0.29, 0.717) is 23.0 Å². The number of carbonyl (C=O) groups excluding carboxylic acids is 1. The van der Waals surface area contributed by atoms with Crippen LogP contribution in [0.15, 0.2) is 23.7 Å². The number of hydrogen-bond donors (Lipinski definition) is 3. The summed E-state index contributed by atoms with van der Waals surface area (Å²) < 4.78 is 61.8. The molecule has 1 aliphatic rings. The summed E-state index contributed by atoms with van der Waals surface area (Å²) in [6.45, 7) is 3.59. The maximum absolute atomic E-state index is 13.2. The van der Waals surface area contributed by atoms with Crippen molar-refractivity contribution in [3.05, 3.63) is 40.8 Å². The summed E-state index contributed by atoms with van der Waals surface area (Å²) in [6, 6.07) is 1.79. The molecule has 0 bridgehead atoms. The molecule has 1 aromatic rings. The highest BCUT2D eigenvalue weighted by molar-refractivity contribution is 7.82. The molecule has 1 heterocycles. The molecule has 0 saturated carbocycles. The van der Waals surface area contributed by atoms with E-state index in [9.17, 15) is 26.6 Å². The number of piperazine rings is 1. The third-order valence-electron chi connectivity index (χ3n) is 4.31. The van der Waals surface area contributed by atoms with Crippen molar-refractivity contribution in [2.75, 3.05) is 40.0 Å². The predicted molar refractivity (Wildman–Crippen MR) is 137 cm³/mol. The average Bonchev–Trinajstić information content (AvgIpc) is 2.67. The van der Waals surface area contributed by atoms with Gasteiger partial charge in [-0.1, -0.05) is 9.24 Å². The standard InChI is InChI=1S/C10H12F2NOP.C8H18N4OS.C2H5F2P/c11-8-5-9(12)10(15)4-6(8)3-7(13)1-2-14;1-11-4-5-12(2)7(6-11)8(9)10-14(3)13;1-2(3,4)5/h2,4-5,7H,1,3,13,15H2;10H,4-6,9H2,1-3H3;5H2,1H3/b;8-7+;. The van der Waals surface area contributed by atoms with Crippen molar-refractivity contribution < 1.29 is 26.6 Å². The van der Waals surface area contributed by atoms with E-state index >= 15 is 0 Å². The number of hydrogen-bond acceptors (Lipinski definition) is 6. The van der Waals surface area contributed by atoms with Gasteiger partial charge in [0.15, 0.2) is 0 Å². The van der Waals surface area contributed by atoms with Gasteiger partial charge in [0.1, 0.15) is 34.7 Å². The van der Waals surface area contributed by atoms with Crippen molar-refractivity contribution in [2.45, 2.75) is 31.5 Å². The number of nitrogens with two attached hydrogens (primary N) is 2. The van der Waals surface area contributed by atoms with Crippen molar-refractivity contribution >= 4 is 41.1 Å². The number of nitrogens with one attached hydrogen (secondary N) is 1. The van der Waals surface area contributed by atoms with E-state index in [1.165, 1.54) is 15.3 Å². The van der Waals surface area contributed by atoms with Crippen LogP contribution in [0.5, 0.6) is 0 Å². The minimum absolute atomic E-state index is 0.170. The zero-order chi connectivity index (χ0) is 26.6. The second kappa shape index (κ2) is 15.6. The van der Waals surface area contributed by atoms with Gasteiger partial charge in [-0.05, 0) is 25.1 Å². The molecule has 14 heteroatoms. The second-order valence-corrected chi connectivity index (χ2v) is 10.6. The summed E-state index contributed by atoms with van der Waals surface area (Å²) in [5.74, 6) is -0.717. The van der Waals surface area contributed by atoms with Gasteiger partial charge in [-0.2, -0.15) is 0 Å². The zero-order valence-electron chi connectivity index (χ0n) is 19.8. The molecule has 0 spiro atoms. The number of likely N-dealkylation sites (N-methyl/N-ethyl adjacent to an activating group) is 2. The van der Waals surface area contributed by atoms with Gasteiger partial charge in [0.25, 0.3) is 5.66 Å². The van der Waals surface area contributed by atoms with Gasteiger partial charge in [-0.25, -0.2) is 21.8 Å². The first-order chi connectivity index (χ1) is 15.5. The molecule has 0 amide bonds. The summed E-state index contributed by atoms with van der Waals surface area (Å²) in [6.07, 6.45) is 2.66. The summed E-state index contributed by atoms with van der Waals surface area (Å²) in [4.78, 5) is 14.4. The first-order valence-corrected chi connectivity index (χ1v) is 12.8. The Balaban J connectivity index is 0.000000537. The van der Waals surface area contributed by atoms with Gasteiger partial charge < -0.3 is 21.2 Å². The highest BCUT2D eigenvalue weighted by Gasteiger charge is 2.18. The lowest BCUT2D eigenvalue weighted by Gasteiger charge is -2.34. The summed E-state index contributed by atoms with van der Waals surface area (Å²) in [7, 11) is 6.50. The molecule has 7 nitrogen and oxygen atoms in total. The van der Waals surface area contributed by atoms with E-state index in [1.807, 2.05) is 14.1 Å². The number of alkyl halides is 2. The minimum Gasteiger partial charge on any atom is -0.383 e. The van der Waals surface area contributed by atoms with Crippen LogP contribution in [0.2, 0.25) is 0 Å². The highest BCUT2D eigenvalue weighted by Crippen LogP contribution is 2.18. The Morgan fingerprint density at radius 1 is 1.29 bits per heavy atom. The molecule has 0 radical (unpaired) electrons. The Labute approximate surface area is 206 Å². The average molecular weight is 548 g/mol. The highest BCUT2D eigenvalue weighted by atomic mass is 32.2. The van der Waals surface area contributed by atoms with Crippen LogP contribution in [-0.4, -0.2) is 72.0 Å². The van der Waals surface area contributed by atoms with Crippen molar-refractivity contribution in [3.63, 3.8) is 0 Å². The Bertz CT molecular complexity index is 853. The molecule has 1 aliphatic heterocycles. The van der Waals surface area contributed by atoms with Crippen molar-refractivity contribution in [1.82, 2.24) is 14.5 Å². The van der Waals surface area contributed by atoms with Gasteiger partial charge in [0.05, 0.1) is 5.70 Å². The maximum atomic E-state index is 13.2. The molecule has 0 aromatic heterocycles. The van der Waals surface area contributed by atoms with Crippen LogP contribution in [0, 0.1) is 11.6 Å². The molecule has 0 aliphatic carbocycles. The molecule has 5 N–H and O–H groups in total. The Hall–Kier alpha value is -1.32. The lowest BCUT2D eigenvalue weighted by atomic mass is 10.0. The van der Waals surface area contributed by atoms with Crippen molar-refractivity contribution in [1.29, 1.82) is 0 Å². The topological polar surface area (TPSA) is 105 Å². The van der Waals surface area contributed by atoms with E-state index in [4.69, 9.17) is 11.5 Å². The summed E-state index contributed by atoms with van der Waals surface area (Å²) in [5.41, 5.74) is 10.1. The monoisotopic (exact) mass is 547 g/mol. The van der Waals surface area contributed by atoms with E-state index < -0.39 is 34.3 Å². The second-order valence-electron chi connectivity index (χ2n) is 7.86. The molecule has 196 valence electrons. The molecular weight excluding hydrogens is 512 g/mol. The number of rotatable bonds is 6. The molecule has 1 fully saturated rings. The summed E-state index contributed by atoms with van der Waals surface area (Å²) >= 11 is 0. The van der Waals surface area contributed by atoms with E-state index in [1.54, 1.807) is 6.26 Å². The Morgan fingerprint density at radius 3 is 2.35 bits per heavy atom. The molecule has 1 saturated heterocycles. The molecule has 34 heavy (non-hydrogen) atoms. The van der Waals surface area contributed by atoms with Gasteiger partial charge in [0, 0.05) is 63.7 Å². The van der Waals surface area contributed by atoms with E-state index in [-0.39, 0.29) is 12.8 Å². The Morgan fingerprint density at radius 2 is 1.85 bits per heavy atom. The Kier molecular flexibility index (Phi) is 15.0. The summed E-state index contributed by atoms with van der Waals surface area (Å²) in [5, 5.41) is 0.296. The largest absolute Gasteiger partial charge is 0.383 e. The smallest absolute Gasteiger partial charge is 0.256 e. The lowest BCUT2D eigenvalue weighted by Crippen LogP contribution is -2.43. The number of nitrogens with zero attached hydrogens (tertiary/aromatic N) is 2. The van der Waals surface area contributed by atoms with Crippen molar-refractivity contribution in [3.8, 4) is 0 Å². The van der Waals surface area contributed by atoms with Crippen LogP contribution in [0.1, 0.15) is 18.9 Å². The fourth-order valence-electron chi connectivity index (χ4n) is 2.67. The van der Waals surface area contributed by atoms with E-state index in [0.717, 1.165) is 38.3 Å². The number of halogens is 4. The van der Waals surface area contributed by atoms with E-state index in [2.05, 4.69) is 23.8 Å². The van der Waals surface area contributed by atoms with Crippen LogP contribution in [0.4, 0.5) is 17.6 Å². The van der Waals surface area contributed by atoms with Crippen LogP contribution < -0.4 is 21.5 Å². The normalized spacial score (nSPS) is 17.4. The third-order valence-corrected chi connectivity index (χ3v) is 5.26. The maximum Gasteiger partial charge on any atom is 0.256 e. The number of aldehydes is 1. The quantitative estimate of drug-likeness (QED) is 0.282. The molecule has 2 rings (SSSR count). The molecular formula is C20H35F4N5O2P2S. The van der Waals surface area contributed by atoms with Crippen molar-refractivity contribution in [2.24, 2.45) is 11.5 Å². The molecule has 1 aromatic carbocycles. The van der Waals surface area contributed by atoms with Gasteiger partial charge in [0.2, 0.25) is 0 Å². The minimum atomic E-state index is -2.58. The molecule has 4 unspecified atom stereocenters. The van der Waals surface area contributed by atoms with Gasteiger partial charge >= 0.3 is 0 Å². The van der Waals surface area contributed by atoms with Gasteiger partial charge in [-0.15, -0.1) is 9.24 Å². The number of benzene rings is 1. The number of carbonyl (C=O) groups is 1. The van der Waals surface area contributed by atoms with Crippen LogP contribution >= 0.6 is 18.5 Å². The van der Waals surface area contributed by atoms with Crippen LogP contribution in [-0.2, 0) is 22.2 Å². The van der Waals surface area contributed by atoms with Crippen LogP contribution in [0.3, 0.4) is 0 Å². The fourth-order valence-corrected chi connectivity index (χ4v) is 3.39. The zero-order valence-corrected chi connectivity index (χ0v) is 22.9. The first-order valence-electron chi connectivity index (χ1n) is 10.1. The fraction of sp³-hybridized carbons (Fsp3) is 0.550. The van der Waals surface area contributed by atoms with Crippen LogP contribution in [0.25, 0.3) is 0 Å². The first kappa shape index (κ1) is 32.7. The predicted octanol–water partition coefficient (Wildman–Crippen LogP) is 1.27. The van der Waals surface area contributed by atoms with Gasteiger partial charge in [-0.3, -0.25) is 9.62 Å².